The van der Waals surface area contributed by atoms with E-state index >= 15 is 0 Å². The van der Waals surface area contributed by atoms with E-state index in [-0.39, 0.29) is 29.5 Å². The Morgan fingerprint density at radius 3 is 2.63 bits per heavy atom. The summed E-state index contributed by atoms with van der Waals surface area (Å²) in [4.78, 5) is 24.6. The van der Waals surface area contributed by atoms with Crippen LogP contribution < -0.4 is 15.4 Å². The largest absolute Gasteiger partial charge is 0.495 e. The maximum atomic E-state index is 13.6. The van der Waals surface area contributed by atoms with Crippen LogP contribution in [-0.2, 0) is 16.0 Å². The summed E-state index contributed by atoms with van der Waals surface area (Å²) in [6, 6.07) is 12.0. The minimum absolute atomic E-state index is 0.164. The van der Waals surface area contributed by atoms with Crippen molar-refractivity contribution in [2.24, 2.45) is 11.8 Å². The molecule has 0 bridgehead atoms. The zero-order valence-electron chi connectivity index (χ0n) is 15.4. The second kappa shape index (κ2) is 8.20. The van der Waals surface area contributed by atoms with Gasteiger partial charge in [0.15, 0.2) is 0 Å². The highest BCUT2D eigenvalue weighted by molar-refractivity contribution is 6.00. The third-order valence-electron chi connectivity index (χ3n) is 4.73. The lowest BCUT2D eigenvalue weighted by Gasteiger charge is -2.11. The van der Waals surface area contributed by atoms with Gasteiger partial charge in [0.25, 0.3) is 0 Å². The fourth-order valence-corrected chi connectivity index (χ4v) is 3.07. The summed E-state index contributed by atoms with van der Waals surface area (Å²) in [6.07, 6.45) is 0.938. The van der Waals surface area contributed by atoms with E-state index < -0.39 is 0 Å². The van der Waals surface area contributed by atoms with Crippen LogP contribution in [0.1, 0.15) is 17.5 Å². The molecular weight excluding hydrogens is 347 g/mol. The minimum Gasteiger partial charge on any atom is -0.495 e. The predicted octanol–water partition coefficient (Wildman–Crippen LogP) is 3.08. The van der Waals surface area contributed by atoms with Gasteiger partial charge in [0.1, 0.15) is 11.6 Å². The molecule has 1 fully saturated rings. The van der Waals surface area contributed by atoms with Gasteiger partial charge in [-0.1, -0.05) is 24.3 Å². The number of carbonyl (C=O) groups excluding carboxylic acids is 2. The molecule has 2 N–H and O–H groups in total. The molecule has 2 amide bonds. The van der Waals surface area contributed by atoms with Gasteiger partial charge in [-0.05, 0) is 49.1 Å². The zero-order valence-corrected chi connectivity index (χ0v) is 15.4. The standard InChI is InChI=1S/C21H23FN2O3/c1-13-7-8-19(27-2)18(11-13)24-21(26)16-12-15(16)20(25)23-10-9-14-5-3-4-6-17(14)22/h3-8,11,15-16H,9-10,12H2,1-2H3,(H,23,25)(H,24,26). The first-order valence-electron chi connectivity index (χ1n) is 8.96. The third-order valence-corrected chi connectivity index (χ3v) is 4.73. The molecule has 142 valence electrons. The molecule has 0 saturated heterocycles. The molecule has 3 rings (SSSR count). The maximum absolute atomic E-state index is 13.6. The van der Waals surface area contributed by atoms with Gasteiger partial charge in [-0.3, -0.25) is 9.59 Å². The van der Waals surface area contributed by atoms with Crippen molar-refractivity contribution in [1.82, 2.24) is 5.32 Å². The number of ether oxygens (including phenoxy) is 1. The first-order valence-corrected chi connectivity index (χ1v) is 8.96. The van der Waals surface area contributed by atoms with Crippen LogP contribution >= 0.6 is 0 Å². The predicted molar refractivity (Wildman–Crippen MR) is 101 cm³/mol. The molecule has 6 heteroatoms. The first-order chi connectivity index (χ1) is 13.0. The summed E-state index contributed by atoms with van der Waals surface area (Å²) in [7, 11) is 1.54. The Morgan fingerprint density at radius 2 is 1.89 bits per heavy atom. The van der Waals surface area contributed by atoms with Crippen LogP contribution in [0.2, 0.25) is 0 Å². The lowest BCUT2D eigenvalue weighted by molar-refractivity contribution is -0.125. The molecule has 1 aliphatic rings. The average molecular weight is 370 g/mol. The van der Waals surface area contributed by atoms with Crippen LogP contribution in [0.3, 0.4) is 0 Å². The lowest BCUT2D eigenvalue weighted by atomic mass is 10.1. The second-order valence-electron chi connectivity index (χ2n) is 6.77. The average Bonchev–Trinajstić information content (AvgIpc) is 3.44. The van der Waals surface area contributed by atoms with Gasteiger partial charge in [0.2, 0.25) is 11.8 Å². The Balaban J connectivity index is 1.48. The number of hydrogen-bond donors (Lipinski definition) is 2. The normalized spacial score (nSPS) is 17.9. The molecule has 27 heavy (non-hydrogen) atoms. The number of nitrogens with one attached hydrogen (secondary N) is 2. The Kier molecular flexibility index (Phi) is 5.74. The number of amides is 2. The summed E-state index contributed by atoms with van der Waals surface area (Å²) in [6.45, 7) is 2.27. The van der Waals surface area contributed by atoms with Gasteiger partial charge in [0, 0.05) is 6.54 Å². The summed E-state index contributed by atoms with van der Waals surface area (Å²) in [5, 5.41) is 5.64. The van der Waals surface area contributed by atoms with Crippen molar-refractivity contribution in [1.29, 1.82) is 0 Å². The number of halogens is 1. The maximum Gasteiger partial charge on any atom is 0.228 e. The van der Waals surface area contributed by atoms with Gasteiger partial charge in [0.05, 0.1) is 24.6 Å². The lowest BCUT2D eigenvalue weighted by Crippen LogP contribution is -2.29. The molecule has 2 aromatic rings. The fraction of sp³-hybridized carbons (Fsp3) is 0.333. The highest BCUT2D eigenvalue weighted by Gasteiger charge is 2.48. The Labute approximate surface area is 157 Å². The quantitative estimate of drug-likeness (QED) is 0.787. The third kappa shape index (κ3) is 4.64. The van der Waals surface area contributed by atoms with Crippen molar-refractivity contribution in [2.75, 3.05) is 19.0 Å². The Hall–Kier alpha value is -2.89. The number of hydrogen-bond acceptors (Lipinski definition) is 3. The Bertz CT molecular complexity index is 853. The number of rotatable bonds is 7. The molecule has 0 aliphatic heterocycles. The molecule has 5 nitrogen and oxygen atoms in total. The summed E-state index contributed by atoms with van der Waals surface area (Å²) < 4.78 is 18.8. The number of methoxy groups -OCH3 is 1. The molecule has 0 heterocycles. The molecule has 0 aromatic heterocycles. The summed E-state index contributed by atoms with van der Waals surface area (Å²) in [5.41, 5.74) is 2.17. The molecule has 0 spiro atoms. The fourth-order valence-electron chi connectivity index (χ4n) is 3.07. The van der Waals surface area contributed by atoms with Crippen LogP contribution in [0.5, 0.6) is 5.75 Å². The van der Waals surface area contributed by atoms with E-state index in [4.69, 9.17) is 4.74 Å². The SMILES string of the molecule is COc1ccc(C)cc1NC(=O)C1CC1C(=O)NCCc1ccccc1F. The molecule has 2 atom stereocenters. The number of aryl methyl sites for hydroxylation is 1. The van der Waals surface area contributed by atoms with Crippen LogP contribution in [-0.4, -0.2) is 25.5 Å². The van der Waals surface area contributed by atoms with Crippen molar-refractivity contribution in [3.63, 3.8) is 0 Å². The van der Waals surface area contributed by atoms with Gasteiger partial charge in [-0.2, -0.15) is 0 Å². The van der Waals surface area contributed by atoms with E-state index in [1.807, 2.05) is 19.1 Å². The van der Waals surface area contributed by atoms with Gasteiger partial charge in [-0.25, -0.2) is 4.39 Å². The second-order valence-corrected chi connectivity index (χ2v) is 6.77. The van der Waals surface area contributed by atoms with E-state index in [1.165, 1.54) is 6.07 Å². The molecule has 2 aromatic carbocycles. The van der Waals surface area contributed by atoms with Crippen LogP contribution in [0.15, 0.2) is 42.5 Å². The van der Waals surface area contributed by atoms with Crippen molar-refractivity contribution in [2.45, 2.75) is 19.8 Å². The van der Waals surface area contributed by atoms with Crippen LogP contribution in [0.25, 0.3) is 0 Å². The smallest absolute Gasteiger partial charge is 0.228 e. The Morgan fingerprint density at radius 1 is 1.15 bits per heavy atom. The summed E-state index contributed by atoms with van der Waals surface area (Å²) >= 11 is 0. The number of benzene rings is 2. The molecule has 1 saturated carbocycles. The van der Waals surface area contributed by atoms with Gasteiger partial charge in [-0.15, -0.1) is 0 Å². The monoisotopic (exact) mass is 370 g/mol. The highest BCUT2D eigenvalue weighted by atomic mass is 19.1. The van der Waals surface area contributed by atoms with E-state index in [1.54, 1.807) is 31.4 Å². The summed E-state index contributed by atoms with van der Waals surface area (Å²) in [5.74, 6) is -0.719. The molecule has 1 aliphatic carbocycles. The van der Waals surface area contributed by atoms with Crippen molar-refractivity contribution in [3.05, 3.63) is 59.4 Å². The van der Waals surface area contributed by atoms with Crippen LogP contribution in [0.4, 0.5) is 10.1 Å². The van der Waals surface area contributed by atoms with E-state index in [0.29, 0.717) is 36.4 Å². The van der Waals surface area contributed by atoms with E-state index in [9.17, 15) is 14.0 Å². The van der Waals surface area contributed by atoms with E-state index in [0.717, 1.165) is 5.56 Å². The minimum atomic E-state index is -0.344. The van der Waals surface area contributed by atoms with Crippen molar-refractivity contribution in [3.8, 4) is 5.75 Å². The van der Waals surface area contributed by atoms with Crippen LogP contribution in [0, 0.1) is 24.6 Å². The number of carbonyl (C=O) groups is 2. The van der Waals surface area contributed by atoms with Gasteiger partial charge < -0.3 is 15.4 Å². The van der Waals surface area contributed by atoms with Gasteiger partial charge >= 0.3 is 0 Å². The molecule has 2 unspecified atom stereocenters. The first kappa shape index (κ1) is 18.9. The van der Waals surface area contributed by atoms with E-state index in [2.05, 4.69) is 10.6 Å². The topological polar surface area (TPSA) is 67.4 Å². The molecule has 0 radical (unpaired) electrons. The highest BCUT2D eigenvalue weighted by Crippen LogP contribution is 2.40. The van der Waals surface area contributed by atoms with Crippen molar-refractivity contribution >= 4 is 17.5 Å². The van der Waals surface area contributed by atoms with Crippen molar-refractivity contribution < 1.29 is 18.7 Å². The number of anilines is 1. The molecular formula is C21H23FN2O3. The zero-order chi connectivity index (χ0) is 19.4.